The minimum absolute atomic E-state index is 0.510. The minimum atomic E-state index is 0.510. The van der Waals surface area contributed by atoms with Gasteiger partial charge in [0.2, 0.25) is 0 Å². The number of methoxy groups -OCH3 is 1. The van der Waals surface area contributed by atoms with Crippen LogP contribution in [0.4, 0.5) is 0 Å². The molecule has 0 aliphatic heterocycles. The van der Waals surface area contributed by atoms with E-state index in [2.05, 4.69) is 26.1 Å². The molecule has 0 aromatic heterocycles. The van der Waals surface area contributed by atoms with Gasteiger partial charge in [-0.15, -0.1) is 0 Å². The highest BCUT2D eigenvalue weighted by molar-refractivity contribution is 6.31. The van der Waals surface area contributed by atoms with Crippen molar-refractivity contribution >= 4 is 11.6 Å². The number of halogens is 1. The second kappa shape index (κ2) is 6.87. The first-order valence-corrected chi connectivity index (χ1v) is 6.52. The van der Waals surface area contributed by atoms with Gasteiger partial charge >= 0.3 is 0 Å². The van der Waals surface area contributed by atoms with Crippen LogP contribution >= 0.6 is 11.6 Å². The van der Waals surface area contributed by atoms with Gasteiger partial charge in [-0.05, 0) is 24.5 Å². The van der Waals surface area contributed by atoms with Crippen LogP contribution in [0.15, 0.2) is 18.2 Å². The van der Waals surface area contributed by atoms with E-state index in [0.717, 1.165) is 29.3 Å². The van der Waals surface area contributed by atoms with Gasteiger partial charge in [-0.1, -0.05) is 38.4 Å². The van der Waals surface area contributed by atoms with E-state index < -0.39 is 0 Å². The standard InChI is InChI=1S/C14H22ClNO/c1-5-13(10(2)3)16-9-11-12(15)7-6-8-14(11)17-4/h6-8,10,13,16H,5,9H2,1-4H3. The first kappa shape index (κ1) is 14.3. The van der Waals surface area contributed by atoms with Gasteiger partial charge in [-0.2, -0.15) is 0 Å². The van der Waals surface area contributed by atoms with Crippen LogP contribution in [0.3, 0.4) is 0 Å². The Bertz CT molecular complexity index is 352. The van der Waals surface area contributed by atoms with E-state index in [1.807, 2.05) is 18.2 Å². The Morgan fingerprint density at radius 3 is 2.59 bits per heavy atom. The smallest absolute Gasteiger partial charge is 0.124 e. The summed E-state index contributed by atoms with van der Waals surface area (Å²) in [4.78, 5) is 0. The molecular weight excluding hydrogens is 234 g/mol. The number of rotatable bonds is 6. The molecule has 0 spiro atoms. The first-order valence-electron chi connectivity index (χ1n) is 6.14. The quantitative estimate of drug-likeness (QED) is 0.833. The lowest BCUT2D eigenvalue weighted by molar-refractivity contribution is 0.375. The Morgan fingerprint density at radius 2 is 2.06 bits per heavy atom. The molecule has 17 heavy (non-hydrogen) atoms. The molecule has 0 saturated carbocycles. The van der Waals surface area contributed by atoms with E-state index >= 15 is 0 Å². The fraction of sp³-hybridized carbons (Fsp3) is 0.571. The van der Waals surface area contributed by atoms with E-state index in [-0.39, 0.29) is 0 Å². The highest BCUT2D eigenvalue weighted by atomic mass is 35.5. The summed E-state index contributed by atoms with van der Waals surface area (Å²) in [5.41, 5.74) is 1.04. The van der Waals surface area contributed by atoms with Crippen molar-refractivity contribution in [3.8, 4) is 5.75 Å². The Kier molecular flexibility index (Phi) is 5.79. The van der Waals surface area contributed by atoms with Crippen LogP contribution < -0.4 is 10.1 Å². The zero-order valence-corrected chi connectivity index (χ0v) is 11.8. The van der Waals surface area contributed by atoms with Crippen molar-refractivity contribution in [2.75, 3.05) is 7.11 Å². The van der Waals surface area contributed by atoms with Crippen LogP contribution in [0.1, 0.15) is 32.8 Å². The minimum Gasteiger partial charge on any atom is -0.496 e. The van der Waals surface area contributed by atoms with Crippen molar-refractivity contribution in [2.24, 2.45) is 5.92 Å². The summed E-state index contributed by atoms with van der Waals surface area (Å²) in [6.45, 7) is 7.40. The molecule has 1 atom stereocenters. The van der Waals surface area contributed by atoms with E-state index in [4.69, 9.17) is 16.3 Å². The van der Waals surface area contributed by atoms with Crippen LogP contribution in [-0.2, 0) is 6.54 Å². The second-order valence-electron chi connectivity index (χ2n) is 4.56. The van der Waals surface area contributed by atoms with Gasteiger partial charge in [-0.25, -0.2) is 0 Å². The predicted octanol–water partition coefficient (Wildman–Crippen LogP) is 3.87. The van der Waals surface area contributed by atoms with E-state index in [1.54, 1.807) is 7.11 Å². The lowest BCUT2D eigenvalue weighted by Gasteiger charge is -2.21. The SMILES string of the molecule is CCC(NCc1c(Cl)cccc1OC)C(C)C. The van der Waals surface area contributed by atoms with Gasteiger partial charge in [-0.3, -0.25) is 0 Å². The Morgan fingerprint density at radius 1 is 1.35 bits per heavy atom. The maximum atomic E-state index is 6.19. The number of hydrogen-bond donors (Lipinski definition) is 1. The third-order valence-electron chi connectivity index (χ3n) is 3.08. The predicted molar refractivity (Wildman–Crippen MR) is 73.8 cm³/mol. The van der Waals surface area contributed by atoms with E-state index in [0.29, 0.717) is 12.0 Å². The van der Waals surface area contributed by atoms with Gasteiger partial charge in [0.15, 0.2) is 0 Å². The molecule has 96 valence electrons. The lowest BCUT2D eigenvalue weighted by Crippen LogP contribution is -2.32. The maximum Gasteiger partial charge on any atom is 0.124 e. The molecule has 1 unspecified atom stereocenters. The Hall–Kier alpha value is -0.730. The van der Waals surface area contributed by atoms with Gasteiger partial charge in [0.05, 0.1) is 7.11 Å². The summed E-state index contributed by atoms with van der Waals surface area (Å²) in [6.07, 6.45) is 1.12. The number of hydrogen-bond acceptors (Lipinski definition) is 2. The monoisotopic (exact) mass is 255 g/mol. The third-order valence-corrected chi connectivity index (χ3v) is 3.44. The number of nitrogens with one attached hydrogen (secondary N) is 1. The summed E-state index contributed by atoms with van der Waals surface area (Å²) in [6, 6.07) is 6.26. The van der Waals surface area contributed by atoms with Crippen molar-refractivity contribution in [1.82, 2.24) is 5.32 Å². The van der Waals surface area contributed by atoms with Crippen molar-refractivity contribution in [2.45, 2.75) is 39.8 Å². The summed E-state index contributed by atoms with van der Waals surface area (Å²) >= 11 is 6.19. The fourth-order valence-corrected chi connectivity index (χ4v) is 2.22. The normalized spacial score (nSPS) is 12.8. The van der Waals surface area contributed by atoms with Crippen molar-refractivity contribution in [1.29, 1.82) is 0 Å². The second-order valence-corrected chi connectivity index (χ2v) is 4.97. The highest BCUT2D eigenvalue weighted by Crippen LogP contribution is 2.26. The van der Waals surface area contributed by atoms with E-state index in [9.17, 15) is 0 Å². The molecule has 0 bridgehead atoms. The molecule has 0 fully saturated rings. The zero-order chi connectivity index (χ0) is 12.8. The highest BCUT2D eigenvalue weighted by Gasteiger charge is 2.13. The van der Waals surface area contributed by atoms with Crippen LogP contribution in [-0.4, -0.2) is 13.2 Å². The van der Waals surface area contributed by atoms with Crippen LogP contribution in [0.25, 0.3) is 0 Å². The zero-order valence-electron chi connectivity index (χ0n) is 11.1. The molecule has 1 aromatic rings. The maximum absolute atomic E-state index is 6.19. The third kappa shape index (κ3) is 3.90. The summed E-state index contributed by atoms with van der Waals surface area (Å²) in [7, 11) is 1.68. The molecule has 0 saturated heterocycles. The summed E-state index contributed by atoms with van der Waals surface area (Å²) < 4.78 is 5.33. The molecule has 1 N–H and O–H groups in total. The van der Waals surface area contributed by atoms with Gasteiger partial charge in [0.1, 0.15) is 5.75 Å². The average Bonchev–Trinajstić information content (AvgIpc) is 2.31. The Labute approximate surface area is 109 Å². The lowest BCUT2D eigenvalue weighted by atomic mass is 10.0. The van der Waals surface area contributed by atoms with Crippen molar-refractivity contribution < 1.29 is 4.74 Å². The largest absolute Gasteiger partial charge is 0.496 e. The summed E-state index contributed by atoms with van der Waals surface area (Å²) in [5.74, 6) is 1.47. The van der Waals surface area contributed by atoms with E-state index in [1.165, 1.54) is 0 Å². The van der Waals surface area contributed by atoms with Crippen LogP contribution in [0.2, 0.25) is 5.02 Å². The average molecular weight is 256 g/mol. The molecule has 0 amide bonds. The first-order chi connectivity index (χ1) is 8.10. The molecule has 0 radical (unpaired) electrons. The molecular formula is C14H22ClNO. The van der Waals surface area contributed by atoms with Gasteiger partial charge in [0, 0.05) is 23.2 Å². The van der Waals surface area contributed by atoms with Gasteiger partial charge in [0.25, 0.3) is 0 Å². The summed E-state index contributed by atoms with van der Waals surface area (Å²) in [5, 5.41) is 4.30. The van der Waals surface area contributed by atoms with Gasteiger partial charge < -0.3 is 10.1 Å². The number of benzene rings is 1. The molecule has 0 aliphatic rings. The number of ether oxygens (including phenoxy) is 1. The molecule has 1 rings (SSSR count). The molecule has 3 heteroatoms. The molecule has 0 heterocycles. The topological polar surface area (TPSA) is 21.3 Å². The van der Waals surface area contributed by atoms with Crippen molar-refractivity contribution in [3.63, 3.8) is 0 Å². The fourth-order valence-electron chi connectivity index (χ4n) is 1.99. The Balaban J connectivity index is 2.74. The molecule has 0 aliphatic carbocycles. The van der Waals surface area contributed by atoms with Crippen molar-refractivity contribution in [3.05, 3.63) is 28.8 Å². The van der Waals surface area contributed by atoms with Crippen LogP contribution in [0, 0.1) is 5.92 Å². The van der Waals surface area contributed by atoms with Crippen LogP contribution in [0.5, 0.6) is 5.75 Å². The molecule has 2 nitrogen and oxygen atoms in total. The molecule has 1 aromatic carbocycles.